The largest absolute Gasteiger partial charge is 0.466 e. The van der Waals surface area contributed by atoms with Crippen molar-refractivity contribution in [1.29, 1.82) is 0 Å². The van der Waals surface area contributed by atoms with Gasteiger partial charge in [0.05, 0.1) is 7.11 Å². The van der Waals surface area contributed by atoms with Crippen molar-refractivity contribution in [1.82, 2.24) is 4.90 Å². The maximum absolute atomic E-state index is 11.3. The van der Waals surface area contributed by atoms with Gasteiger partial charge in [0.25, 0.3) is 0 Å². The molecule has 1 aliphatic carbocycles. The van der Waals surface area contributed by atoms with E-state index in [1.165, 1.54) is 25.5 Å². The van der Waals surface area contributed by atoms with Crippen LogP contribution in [0.4, 0.5) is 0 Å². The third-order valence-electron chi connectivity index (χ3n) is 3.17. The molecule has 0 bridgehead atoms. The number of ether oxygens (including phenoxy) is 1. The van der Waals surface area contributed by atoms with Crippen LogP contribution in [0.2, 0.25) is 0 Å². The summed E-state index contributed by atoms with van der Waals surface area (Å²) < 4.78 is 4.70. The Labute approximate surface area is 112 Å². The van der Waals surface area contributed by atoms with E-state index >= 15 is 0 Å². The maximum atomic E-state index is 11.3. The molecule has 0 N–H and O–H groups in total. The molecule has 2 rings (SSSR count). The van der Waals surface area contributed by atoms with Gasteiger partial charge in [-0.25, -0.2) is 4.79 Å². The van der Waals surface area contributed by atoms with Crippen molar-refractivity contribution in [2.24, 2.45) is 0 Å². The van der Waals surface area contributed by atoms with Crippen LogP contribution < -0.4 is 0 Å². The van der Waals surface area contributed by atoms with E-state index in [4.69, 9.17) is 4.74 Å². The number of methoxy groups -OCH3 is 1. The van der Waals surface area contributed by atoms with Crippen LogP contribution in [0, 0.1) is 0 Å². The molecule has 1 aromatic rings. The Hall–Kier alpha value is -1.13. The van der Waals surface area contributed by atoms with E-state index in [0.717, 1.165) is 13.1 Å². The van der Waals surface area contributed by atoms with E-state index in [-0.39, 0.29) is 5.97 Å². The molecule has 1 aromatic heterocycles. The van der Waals surface area contributed by atoms with Gasteiger partial charge in [-0.15, -0.1) is 0 Å². The fourth-order valence-electron chi connectivity index (χ4n) is 1.90. The summed E-state index contributed by atoms with van der Waals surface area (Å²) in [6.07, 6.45) is 4.51. The molecule has 98 valence electrons. The van der Waals surface area contributed by atoms with Gasteiger partial charge in [-0.1, -0.05) is 6.08 Å². The van der Waals surface area contributed by atoms with Gasteiger partial charge in [0, 0.05) is 24.7 Å². The molecular formula is C14H19NO2S. The molecule has 0 saturated heterocycles. The lowest BCUT2D eigenvalue weighted by molar-refractivity contribution is -0.136. The van der Waals surface area contributed by atoms with E-state index in [1.54, 1.807) is 11.3 Å². The smallest absolute Gasteiger partial charge is 0.333 e. The minimum Gasteiger partial charge on any atom is -0.466 e. The number of hydrogen-bond acceptors (Lipinski definition) is 4. The number of carbonyl (C=O) groups is 1. The number of rotatable bonds is 6. The van der Waals surface area contributed by atoms with Gasteiger partial charge < -0.3 is 4.74 Å². The Morgan fingerprint density at radius 3 is 2.94 bits per heavy atom. The summed E-state index contributed by atoms with van der Waals surface area (Å²) in [5, 5.41) is 4.29. The maximum Gasteiger partial charge on any atom is 0.333 e. The molecule has 0 unspecified atom stereocenters. The summed E-state index contributed by atoms with van der Waals surface area (Å²) in [7, 11) is 1.42. The van der Waals surface area contributed by atoms with Crippen LogP contribution in [0.3, 0.4) is 0 Å². The Morgan fingerprint density at radius 2 is 2.39 bits per heavy atom. The van der Waals surface area contributed by atoms with Crippen molar-refractivity contribution in [2.75, 3.05) is 13.7 Å². The number of nitrogens with zero attached hydrogens (tertiary/aromatic N) is 1. The molecule has 0 radical (unpaired) electrons. The number of esters is 1. The van der Waals surface area contributed by atoms with Crippen LogP contribution in [-0.4, -0.2) is 30.6 Å². The van der Waals surface area contributed by atoms with Gasteiger partial charge in [0.15, 0.2) is 0 Å². The second-order valence-corrected chi connectivity index (χ2v) is 5.45. The molecular weight excluding hydrogens is 246 g/mol. The predicted octanol–water partition coefficient (Wildman–Crippen LogP) is 2.83. The minimum atomic E-state index is -0.235. The first-order valence-electron chi connectivity index (χ1n) is 6.21. The molecule has 1 heterocycles. The van der Waals surface area contributed by atoms with Crippen molar-refractivity contribution in [2.45, 2.75) is 32.4 Å². The average molecular weight is 265 g/mol. The Kier molecular flexibility index (Phi) is 4.55. The number of thiophene rings is 1. The van der Waals surface area contributed by atoms with Gasteiger partial charge in [0.2, 0.25) is 0 Å². The Morgan fingerprint density at radius 1 is 1.61 bits per heavy atom. The van der Waals surface area contributed by atoms with Crippen molar-refractivity contribution in [3.63, 3.8) is 0 Å². The second kappa shape index (κ2) is 6.16. The first-order valence-corrected chi connectivity index (χ1v) is 7.15. The third kappa shape index (κ3) is 3.68. The molecule has 0 atom stereocenters. The van der Waals surface area contributed by atoms with Crippen LogP contribution in [-0.2, 0) is 16.1 Å². The first kappa shape index (κ1) is 13.3. The van der Waals surface area contributed by atoms with Gasteiger partial charge in [-0.2, -0.15) is 11.3 Å². The molecule has 0 aliphatic heterocycles. The molecule has 1 fully saturated rings. The van der Waals surface area contributed by atoms with Gasteiger partial charge in [0.1, 0.15) is 0 Å². The summed E-state index contributed by atoms with van der Waals surface area (Å²) in [6.45, 7) is 3.60. The summed E-state index contributed by atoms with van der Waals surface area (Å²) in [5.41, 5.74) is 2.05. The van der Waals surface area contributed by atoms with E-state index in [2.05, 4.69) is 21.7 Å². The topological polar surface area (TPSA) is 29.5 Å². The highest BCUT2D eigenvalue weighted by atomic mass is 32.1. The molecule has 0 amide bonds. The molecule has 1 saturated carbocycles. The van der Waals surface area contributed by atoms with Gasteiger partial charge in [-0.05, 0) is 42.2 Å². The summed E-state index contributed by atoms with van der Waals surface area (Å²) in [4.78, 5) is 13.7. The van der Waals surface area contributed by atoms with E-state index < -0.39 is 0 Å². The van der Waals surface area contributed by atoms with Crippen LogP contribution in [0.25, 0.3) is 0 Å². The molecule has 1 aliphatic rings. The minimum absolute atomic E-state index is 0.235. The molecule has 3 nitrogen and oxygen atoms in total. The van der Waals surface area contributed by atoms with Gasteiger partial charge >= 0.3 is 5.97 Å². The van der Waals surface area contributed by atoms with E-state index in [0.29, 0.717) is 11.6 Å². The van der Waals surface area contributed by atoms with Crippen molar-refractivity contribution in [3.8, 4) is 0 Å². The molecule has 18 heavy (non-hydrogen) atoms. The van der Waals surface area contributed by atoms with Crippen LogP contribution >= 0.6 is 11.3 Å². The van der Waals surface area contributed by atoms with Crippen LogP contribution in [0.15, 0.2) is 28.5 Å². The number of carbonyl (C=O) groups excluding carboxylic acids is 1. The predicted molar refractivity (Wildman–Crippen MR) is 73.5 cm³/mol. The molecule has 4 heteroatoms. The quantitative estimate of drug-likeness (QED) is 0.585. The summed E-state index contributed by atoms with van der Waals surface area (Å²) in [5.74, 6) is -0.235. The lowest BCUT2D eigenvalue weighted by atomic mass is 10.2. The highest BCUT2D eigenvalue weighted by Crippen LogP contribution is 2.28. The van der Waals surface area contributed by atoms with E-state index in [9.17, 15) is 4.79 Å². The lowest BCUT2D eigenvalue weighted by Crippen LogP contribution is -2.26. The fourth-order valence-corrected chi connectivity index (χ4v) is 2.56. The fraction of sp³-hybridized carbons (Fsp3) is 0.500. The normalized spacial score (nSPS) is 16.1. The third-order valence-corrected chi connectivity index (χ3v) is 3.90. The van der Waals surface area contributed by atoms with Crippen LogP contribution in [0.5, 0.6) is 0 Å². The van der Waals surface area contributed by atoms with Crippen molar-refractivity contribution >= 4 is 17.3 Å². The average Bonchev–Trinajstić information content (AvgIpc) is 3.11. The Bertz CT molecular complexity index is 421. The van der Waals surface area contributed by atoms with E-state index in [1.807, 2.05) is 13.0 Å². The van der Waals surface area contributed by atoms with Crippen molar-refractivity contribution in [3.05, 3.63) is 34.0 Å². The molecule has 0 aromatic carbocycles. The summed E-state index contributed by atoms with van der Waals surface area (Å²) >= 11 is 1.73. The standard InChI is InChI=1S/C14H19NO2S/c1-11(14(16)17-2)5-7-15(13-3-4-13)9-12-6-8-18-10-12/h5-6,8,10,13H,3-4,7,9H2,1-2H3. The highest BCUT2D eigenvalue weighted by Gasteiger charge is 2.28. The SMILES string of the molecule is COC(=O)C(C)=CCN(Cc1ccsc1)C1CC1. The van der Waals surface area contributed by atoms with Gasteiger partial charge in [-0.3, -0.25) is 4.90 Å². The first-order chi connectivity index (χ1) is 8.70. The zero-order valence-corrected chi connectivity index (χ0v) is 11.7. The lowest BCUT2D eigenvalue weighted by Gasteiger charge is -2.19. The molecule has 0 spiro atoms. The second-order valence-electron chi connectivity index (χ2n) is 4.67. The Balaban J connectivity index is 1.92. The monoisotopic (exact) mass is 265 g/mol. The zero-order valence-electron chi connectivity index (χ0n) is 10.9. The highest BCUT2D eigenvalue weighted by molar-refractivity contribution is 7.07. The zero-order chi connectivity index (χ0) is 13.0. The van der Waals surface area contributed by atoms with Crippen LogP contribution in [0.1, 0.15) is 25.3 Å². The summed E-state index contributed by atoms with van der Waals surface area (Å²) in [6, 6.07) is 2.85. The number of hydrogen-bond donors (Lipinski definition) is 0. The van der Waals surface area contributed by atoms with Crippen molar-refractivity contribution < 1.29 is 9.53 Å².